The lowest BCUT2D eigenvalue weighted by atomic mass is 10.1. The van der Waals surface area contributed by atoms with E-state index >= 15 is 0 Å². The summed E-state index contributed by atoms with van der Waals surface area (Å²) in [5.74, 6) is -2.02. The molecule has 0 radical (unpaired) electrons. The second kappa shape index (κ2) is 8.36. The Morgan fingerprint density at radius 2 is 2.00 bits per heavy atom. The molecule has 29 heavy (non-hydrogen) atoms. The van der Waals surface area contributed by atoms with Crippen LogP contribution in [0.15, 0.2) is 41.2 Å². The lowest BCUT2D eigenvalue weighted by Gasteiger charge is -2.08. The number of aryl methyl sites for hydroxylation is 1. The Balaban J connectivity index is 1.73. The summed E-state index contributed by atoms with van der Waals surface area (Å²) >= 11 is 6.20. The fourth-order valence-corrected chi connectivity index (χ4v) is 2.92. The number of nitrogens with zero attached hydrogens (tertiary/aromatic N) is 2. The van der Waals surface area contributed by atoms with Gasteiger partial charge in [-0.1, -0.05) is 16.8 Å². The van der Waals surface area contributed by atoms with Gasteiger partial charge in [0.1, 0.15) is 22.0 Å². The molecule has 0 spiro atoms. The molecule has 0 bridgehead atoms. The fourth-order valence-electron chi connectivity index (χ4n) is 2.67. The molecule has 0 fully saturated rings. The maximum Gasteiger partial charge on any atom is 0.339 e. The van der Waals surface area contributed by atoms with Gasteiger partial charge in [0.2, 0.25) is 0 Å². The molecule has 2 aromatic heterocycles. The predicted octanol–water partition coefficient (Wildman–Crippen LogP) is 3.74. The molecule has 0 saturated heterocycles. The van der Waals surface area contributed by atoms with Crippen molar-refractivity contribution in [1.82, 2.24) is 9.72 Å². The number of carbonyl (C=O) groups excluding carboxylic acids is 1. The van der Waals surface area contributed by atoms with E-state index < -0.39 is 24.5 Å². The molecule has 8 nitrogen and oxygen atoms in total. The quantitative estimate of drug-likeness (QED) is 0.535. The third-order valence-electron chi connectivity index (χ3n) is 4.22. The van der Waals surface area contributed by atoms with Crippen LogP contribution in [0.5, 0.6) is 5.75 Å². The van der Waals surface area contributed by atoms with Crippen LogP contribution in [0.2, 0.25) is 5.02 Å². The Morgan fingerprint density at radius 1 is 1.31 bits per heavy atom. The van der Waals surface area contributed by atoms with Crippen LogP contribution in [0.1, 0.15) is 23.0 Å². The number of carboxylic acids is 1. The maximum absolute atomic E-state index is 14.5. The van der Waals surface area contributed by atoms with Gasteiger partial charge >= 0.3 is 5.97 Å². The van der Waals surface area contributed by atoms with E-state index in [0.717, 1.165) is 0 Å². The minimum atomic E-state index is -2.03. The number of carboxylic acid groups (broad SMARTS) is 1. The normalized spacial score (nSPS) is 12.0. The first-order valence-electron chi connectivity index (χ1n) is 8.61. The highest BCUT2D eigenvalue weighted by Crippen LogP contribution is 2.32. The number of rotatable bonds is 7. The second-order valence-corrected chi connectivity index (χ2v) is 6.58. The molecule has 3 rings (SSSR count). The number of hydrogen-bond acceptors (Lipinski definition) is 5. The van der Waals surface area contributed by atoms with Crippen LogP contribution in [0, 0.1) is 0 Å². The van der Waals surface area contributed by atoms with Crippen molar-refractivity contribution in [1.29, 1.82) is 0 Å². The monoisotopic (exact) mass is 421 g/mol. The third-order valence-corrected chi connectivity index (χ3v) is 4.61. The van der Waals surface area contributed by atoms with Crippen molar-refractivity contribution in [2.75, 3.05) is 5.32 Å². The predicted molar refractivity (Wildman–Crippen MR) is 103 cm³/mol. The van der Waals surface area contributed by atoms with E-state index in [4.69, 9.17) is 16.1 Å². The molecule has 3 N–H and O–H groups in total. The van der Waals surface area contributed by atoms with Crippen molar-refractivity contribution < 1.29 is 28.7 Å². The zero-order valence-corrected chi connectivity index (χ0v) is 16.0. The first kappa shape index (κ1) is 20.4. The highest BCUT2D eigenvalue weighted by Gasteiger charge is 2.26. The molecular formula is C19H17ClFN3O5. The molecule has 1 atom stereocenters. The number of phenolic OH excluding ortho intramolecular Hbond substituents is 1. The first-order chi connectivity index (χ1) is 13.8. The van der Waals surface area contributed by atoms with Crippen molar-refractivity contribution in [2.24, 2.45) is 0 Å². The number of carbonyl (C=O) groups is 2. The number of aromatic carboxylic acids is 1. The van der Waals surface area contributed by atoms with Crippen molar-refractivity contribution in [3.05, 3.63) is 52.9 Å². The molecule has 3 aromatic rings. The second-order valence-electron chi connectivity index (χ2n) is 6.20. The van der Waals surface area contributed by atoms with Crippen LogP contribution in [-0.4, -0.2) is 38.0 Å². The number of amides is 1. The standard InChI is InChI=1S/C19H17ClFN3O5/c1-2-24-8-12(19(27)28)15(9-24)22-18(26)13(21)7-14-16(20)17(29-23-14)10-3-5-11(25)6-4-10/h3-6,8-9,13,25H,2,7H2,1H3,(H,22,26)(H,27,28). The number of nitrogens with one attached hydrogen (secondary N) is 1. The Bertz CT molecular complexity index is 1040. The average Bonchev–Trinajstić information content (AvgIpc) is 3.26. The average molecular weight is 422 g/mol. The van der Waals surface area contributed by atoms with Crippen molar-refractivity contribution >= 4 is 29.2 Å². The summed E-state index contributed by atoms with van der Waals surface area (Å²) in [6.45, 7) is 2.29. The zero-order chi connectivity index (χ0) is 21.1. The molecule has 1 aromatic carbocycles. The smallest absolute Gasteiger partial charge is 0.339 e. The van der Waals surface area contributed by atoms with Crippen molar-refractivity contribution in [3.63, 3.8) is 0 Å². The summed E-state index contributed by atoms with van der Waals surface area (Å²) in [4.78, 5) is 23.5. The van der Waals surface area contributed by atoms with E-state index in [1.807, 2.05) is 0 Å². The van der Waals surface area contributed by atoms with Crippen LogP contribution >= 0.6 is 11.6 Å². The van der Waals surface area contributed by atoms with Gasteiger partial charge in [0.05, 0.1) is 5.69 Å². The first-order valence-corrected chi connectivity index (χ1v) is 8.99. The summed E-state index contributed by atoms with van der Waals surface area (Å²) in [7, 11) is 0. The van der Waals surface area contributed by atoms with Gasteiger partial charge in [0.15, 0.2) is 11.9 Å². The summed E-state index contributed by atoms with van der Waals surface area (Å²) in [5.41, 5.74) is 0.435. The molecule has 2 heterocycles. The Hall–Kier alpha value is -3.33. The van der Waals surface area contributed by atoms with Crippen LogP contribution in [-0.2, 0) is 17.8 Å². The van der Waals surface area contributed by atoms with Gasteiger partial charge in [-0.25, -0.2) is 9.18 Å². The molecule has 0 aliphatic rings. The van der Waals surface area contributed by atoms with E-state index in [1.165, 1.54) is 24.5 Å². The molecular weight excluding hydrogens is 405 g/mol. The van der Waals surface area contributed by atoms with Crippen LogP contribution < -0.4 is 5.32 Å². The molecule has 0 aliphatic heterocycles. The number of benzene rings is 1. The minimum absolute atomic E-state index is 0.00281. The largest absolute Gasteiger partial charge is 0.508 e. The number of alkyl halides is 1. The van der Waals surface area contributed by atoms with Crippen molar-refractivity contribution in [2.45, 2.75) is 26.1 Å². The number of aromatic hydroxyl groups is 1. The molecule has 1 amide bonds. The van der Waals surface area contributed by atoms with Gasteiger partial charge in [0.25, 0.3) is 5.91 Å². The van der Waals surface area contributed by atoms with Gasteiger partial charge < -0.3 is 24.6 Å². The van der Waals surface area contributed by atoms with E-state index in [1.54, 1.807) is 23.6 Å². The SMILES string of the molecule is CCn1cc(NC(=O)C(F)Cc2noc(-c3ccc(O)cc3)c2Cl)c(C(=O)O)c1. The van der Waals surface area contributed by atoms with Crippen LogP contribution in [0.3, 0.4) is 0 Å². The summed E-state index contributed by atoms with van der Waals surface area (Å²) in [6, 6.07) is 5.97. The maximum atomic E-state index is 14.5. The van der Waals surface area contributed by atoms with E-state index in [9.17, 15) is 24.2 Å². The number of halogens is 2. The zero-order valence-electron chi connectivity index (χ0n) is 15.2. The Kier molecular flexibility index (Phi) is 5.88. The van der Waals surface area contributed by atoms with E-state index in [0.29, 0.717) is 12.1 Å². The number of anilines is 1. The lowest BCUT2D eigenvalue weighted by molar-refractivity contribution is -0.120. The van der Waals surface area contributed by atoms with Gasteiger partial charge in [-0.2, -0.15) is 0 Å². The third kappa shape index (κ3) is 4.40. The molecule has 10 heteroatoms. The summed E-state index contributed by atoms with van der Waals surface area (Å²) in [5, 5.41) is 24.6. The van der Waals surface area contributed by atoms with Crippen LogP contribution in [0.4, 0.5) is 10.1 Å². The highest BCUT2D eigenvalue weighted by atomic mass is 35.5. The highest BCUT2D eigenvalue weighted by molar-refractivity contribution is 6.33. The lowest BCUT2D eigenvalue weighted by Crippen LogP contribution is -2.26. The number of phenols is 1. The van der Waals surface area contributed by atoms with Gasteiger partial charge in [-0.3, -0.25) is 4.79 Å². The van der Waals surface area contributed by atoms with Crippen LogP contribution in [0.25, 0.3) is 11.3 Å². The van der Waals surface area contributed by atoms with E-state index in [-0.39, 0.29) is 33.5 Å². The van der Waals surface area contributed by atoms with Gasteiger partial charge in [-0.15, -0.1) is 0 Å². The molecule has 152 valence electrons. The minimum Gasteiger partial charge on any atom is -0.508 e. The Labute approximate surface area is 169 Å². The van der Waals surface area contributed by atoms with E-state index in [2.05, 4.69) is 10.5 Å². The number of hydrogen-bond donors (Lipinski definition) is 3. The van der Waals surface area contributed by atoms with Crippen molar-refractivity contribution in [3.8, 4) is 17.1 Å². The van der Waals surface area contributed by atoms with Gasteiger partial charge in [-0.05, 0) is 31.2 Å². The van der Waals surface area contributed by atoms with Gasteiger partial charge in [0, 0.05) is 30.9 Å². The molecule has 0 aliphatic carbocycles. The molecule has 1 unspecified atom stereocenters. The summed E-state index contributed by atoms with van der Waals surface area (Å²) in [6.07, 6.45) is 0.282. The topological polar surface area (TPSA) is 118 Å². The summed E-state index contributed by atoms with van der Waals surface area (Å²) < 4.78 is 21.2. The Morgan fingerprint density at radius 3 is 2.62 bits per heavy atom. The number of aromatic nitrogens is 2. The molecule has 0 saturated carbocycles. The fraction of sp³-hybridized carbons (Fsp3) is 0.211.